The number of piperidine rings is 1. The molecule has 0 spiro atoms. The highest BCUT2D eigenvalue weighted by atomic mass is 32.2. The smallest absolute Gasteiger partial charge is 0.332 e. The lowest BCUT2D eigenvalue weighted by Gasteiger charge is -2.29. The first-order chi connectivity index (χ1) is 8.86. The molecule has 1 rings (SSSR count). The Morgan fingerprint density at radius 3 is 2.42 bits per heavy atom. The van der Waals surface area contributed by atoms with Crippen molar-refractivity contribution in [2.24, 2.45) is 5.92 Å². The van der Waals surface area contributed by atoms with Gasteiger partial charge >= 0.3 is 5.97 Å². The molecule has 8 nitrogen and oxygen atoms in total. The number of hydrogen-bond acceptors (Lipinski definition) is 5. The number of nitrogens with one attached hydrogen (secondary N) is 1. The number of amides is 1. The van der Waals surface area contributed by atoms with Crippen molar-refractivity contribution in [3.8, 4) is 0 Å². The SMILES string of the molecule is CCS(=O)(=O)N1CCC(C(=O)NOCC(=O)O)CC1. The van der Waals surface area contributed by atoms with Crippen LogP contribution in [0, 0.1) is 5.92 Å². The maximum Gasteiger partial charge on any atom is 0.332 e. The standard InChI is InChI=1S/C10H18N2O6S/c1-2-19(16,17)12-5-3-8(4-6-12)10(15)11-18-7-9(13)14/h8H,2-7H2,1H3,(H,11,15)(H,13,14). The minimum Gasteiger partial charge on any atom is -0.479 e. The molecule has 9 heteroatoms. The first kappa shape index (κ1) is 15.9. The maximum absolute atomic E-state index is 11.6. The summed E-state index contributed by atoms with van der Waals surface area (Å²) in [6, 6.07) is 0. The van der Waals surface area contributed by atoms with E-state index < -0.39 is 28.5 Å². The molecule has 0 radical (unpaired) electrons. The molecule has 0 unspecified atom stereocenters. The Bertz CT molecular complexity index is 427. The van der Waals surface area contributed by atoms with E-state index in [9.17, 15) is 18.0 Å². The minimum atomic E-state index is -3.21. The fourth-order valence-corrected chi connectivity index (χ4v) is 2.96. The van der Waals surface area contributed by atoms with Crippen LogP contribution in [0.5, 0.6) is 0 Å². The van der Waals surface area contributed by atoms with Gasteiger partial charge in [-0.2, -0.15) is 0 Å². The highest BCUT2D eigenvalue weighted by Crippen LogP contribution is 2.19. The number of rotatable bonds is 6. The maximum atomic E-state index is 11.6. The molecule has 1 aliphatic heterocycles. The van der Waals surface area contributed by atoms with Crippen LogP contribution in [0.25, 0.3) is 0 Å². The number of hydrogen-bond donors (Lipinski definition) is 2. The zero-order valence-corrected chi connectivity index (χ0v) is 11.5. The molecule has 0 aromatic rings. The highest BCUT2D eigenvalue weighted by molar-refractivity contribution is 7.89. The Morgan fingerprint density at radius 2 is 1.95 bits per heavy atom. The summed E-state index contributed by atoms with van der Waals surface area (Å²) in [4.78, 5) is 26.3. The number of carbonyl (C=O) groups excluding carboxylic acids is 1. The zero-order valence-electron chi connectivity index (χ0n) is 10.7. The Labute approximate surface area is 111 Å². The molecule has 19 heavy (non-hydrogen) atoms. The molecule has 0 saturated carbocycles. The van der Waals surface area contributed by atoms with Gasteiger partial charge in [0.25, 0.3) is 0 Å². The molecule has 1 aliphatic rings. The third-order valence-electron chi connectivity index (χ3n) is 2.95. The quantitative estimate of drug-likeness (QED) is 0.619. The first-order valence-electron chi connectivity index (χ1n) is 5.98. The van der Waals surface area contributed by atoms with Crippen molar-refractivity contribution in [1.82, 2.24) is 9.79 Å². The average molecular weight is 294 g/mol. The van der Waals surface area contributed by atoms with E-state index in [1.165, 1.54) is 4.31 Å². The molecule has 0 aromatic heterocycles. The second-order valence-electron chi connectivity index (χ2n) is 4.22. The van der Waals surface area contributed by atoms with Gasteiger partial charge in [-0.25, -0.2) is 23.0 Å². The van der Waals surface area contributed by atoms with Crippen LogP contribution >= 0.6 is 0 Å². The molecular weight excluding hydrogens is 276 g/mol. The fraction of sp³-hybridized carbons (Fsp3) is 0.800. The van der Waals surface area contributed by atoms with Crippen LogP contribution in [0.15, 0.2) is 0 Å². The predicted molar refractivity (Wildman–Crippen MR) is 65.5 cm³/mol. The van der Waals surface area contributed by atoms with Crippen LogP contribution in [0.1, 0.15) is 19.8 Å². The second-order valence-corrected chi connectivity index (χ2v) is 6.48. The van der Waals surface area contributed by atoms with Crippen molar-refractivity contribution in [2.45, 2.75) is 19.8 Å². The van der Waals surface area contributed by atoms with E-state index in [2.05, 4.69) is 10.3 Å². The lowest BCUT2D eigenvalue weighted by Crippen LogP contribution is -2.43. The highest BCUT2D eigenvalue weighted by Gasteiger charge is 2.30. The van der Waals surface area contributed by atoms with Gasteiger partial charge in [-0.05, 0) is 19.8 Å². The third-order valence-corrected chi connectivity index (χ3v) is 4.83. The van der Waals surface area contributed by atoms with E-state index in [0.29, 0.717) is 25.9 Å². The minimum absolute atomic E-state index is 0.0472. The summed E-state index contributed by atoms with van der Waals surface area (Å²) in [5, 5.41) is 8.34. The van der Waals surface area contributed by atoms with Crippen LogP contribution in [0.4, 0.5) is 0 Å². The van der Waals surface area contributed by atoms with Gasteiger partial charge in [0.15, 0.2) is 6.61 Å². The van der Waals surface area contributed by atoms with Gasteiger partial charge in [-0.1, -0.05) is 0 Å². The number of carbonyl (C=O) groups is 2. The summed E-state index contributed by atoms with van der Waals surface area (Å²) in [6.07, 6.45) is 0.809. The number of carboxylic acid groups (broad SMARTS) is 1. The summed E-state index contributed by atoms with van der Waals surface area (Å²) in [5.74, 6) is -1.89. The average Bonchev–Trinajstić information content (AvgIpc) is 2.38. The molecule has 0 atom stereocenters. The summed E-state index contributed by atoms with van der Waals surface area (Å²) in [5.41, 5.74) is 2.06. The first-order valence-corrected chi connectivity index (χ1v) is 7.59. The lowest BCUT2D eigenvalue weighted by atomic mass is 9.98. The molecule has 1 fully saturated rings. The van der Waals surface area contributed by atoms with Crippen LogP contribution in [0.2, 0.25) is 0 Å². The summed E-state index contributed by atoms with van der Waals surface area (Å²) in [7, 11) is -3.21. The zero-order chi connectivity index (χ0) is 14.5. The van der Waals surface area contributed by atoms with Crippen molar-refractivity contribution < 1.29 is 28.0 Å². The Morgan fingerprint density at radius 1 is 1.37 bits per heavy atom. The van der Waals surface area contributed by atoms with Gasteiger partial charge in [-0.3, -0.25) is 9.63 Å². The lowest BCUT2D eigenvalue weighted by molar-refractivity contribution is -0.151. The molecule has 0 bridgehead atoms. The van der Waals surface area contributed by atoms with Crippen molar-refractivity contribution in [2.75, 3.05) is 25.4 Å². The van der Waals surface area contributed by atoms with Gasteiger partial charge in [0, 0.05) is 19.0 Å². The normalized spacial score (nSPS) is 18.2. The Kier molecular flexibility index (Phi) is 5.70. The second kappa shape index (κ2) is 6.83. The van der Waals surface area contributed by atoms with E-state index in [1.54, 1.807) is 6.92 Å². The van der Waals surface area contributed by atoms with Gasteiger partial charge in [0.05, 0.1) is 5.75 Å². The van der Waals surface area contributed by atoms with Gasteiger partial charge < -0.3 is 5.11 Å². The number of nitrogens with zero attached hydrogens (tertiary/aromatic N) is 1. The van der Waals surface area contributed by atoms with E-state index in [0.717, 1.165) is 0 Å². The van der Waals surface area contributed by atoms with Crippen LogP contribution in [-0.2, 0) is 24.4 Å². The van der Waals surface area contributed by atoms with Crippen molar-refractivity contribution in [1.29, 1.82) is 0 Å². The number of aliphatic carboxylic acids is 1. The molecule has 110 valence electrons. The summed E-state index contributed by atoms with van der Waals surface area (Å²) >= 11 is 0. The predicted octanol–water partition coefficient (Wildman–Crippen LogP) is -0.819. The number of sulfonamides is 1. The topological polar surface area (TPSA) is 113 Å². The van der Waals surface area contributed by atoms with Crippen molar-refractivity contribution in [3.05, 3.63) is 0 Å². The van der Waals surface area contributed by atoms with Crippen LogP contribution in [0.3, 0.4) is 0 Å². The molecule has 1 saturated heterocycles. The van der Waals surface area contributed by atoms with Crippen molar-refractivity contribution >= 4 is 21.9 Å². The summed E-state index contributed by atoms with van der Waals surface area (Å²) in [6.45, 7) is 1.57. The molecule has 0 aliphatic carbocycles. The fourth-order valence-electron chi connectivity index (χ4n) is 1.83. The summed E-state index contributed by atoms with van der Waals surface area (Å²) < 4.78 is 24.6. The van der Waals surface area contributed by atoms with E-state index >= 15 is 0 Å². The van der Waals surface area contributed by atoms with E-state index in [1.807, 2.05) is 0 Å². The van der Waals surface area contributed by atoms with Gasteiger partial charge in [0.2, 0.25) is 15.9 Å². The largest absolute Gasteiger partial charge is 0.479 e. The molecular formula is C10H18N2O6S. The Balaban J connectivity index is 2.37. The van der Waals surface area contributed by atoms with Gasteiger partial charge in [0.1, 0.15) is 0 Å². The number of hydroxylamine groups is 1. The van der Waals surface area contributed by atoms with E-state index in [-0.39, 0.29) is 11.7 Å². The number of carboxylic acids is 1. The van der Waals surface area contributed by atoms with Crippen molar-refractivity contribution in [3.63, 3.8) is 0 Å². The van der Waals surface area contributed by atoms with Gasteiger partial charge in [-0.15, -0.1) is 0 Å². The van der Waals surface area contributed by atoms with Crippen LogP contribution in [-0.4, -0.2) is 55.2 Å². The molecule has 1 amide bonds. The Hall–Kier alpha value is -1.19. The molecule has 1 heterocycles. The third kappa shape index (κ3) is 4.77. The molecule has 2 N–H and O–H groups in total. The molecule has 0 aromatic carbocycles. The monoisotopic (exact) mass is 294 g/mol. The van der Waals surface area contributed by atoms with E-state index in [4.69, 9.17) is 5.11 Å². The van der Waals surface area contributed by atoms with Crippen LogP contribution < -0.4 is 5.48 Å².